The van der Waals surface area contributed by atoms with Crippen LogP contribution in [-0.4, -0.2) is 36.8 Å². The van der Waals surface area contributed by atoms with Crippen LogP contribution in [0.25, 0.3) is 0 Å². The number of ether oxygens (including phenoxy) is 1. The van der Waals surface area contributed by atoms with Crippen LogP contribution < -0.4 is 14.5 Å². The van der Waals surface area contributed by atoms with Crippen LogP contribution in [-0.2, 0) is 12.7 Å². The van der Waals surface area contributed by atoms with Crippen LogP contribution in [0, 0.1) is 11.6 Å². The number of fused-ring (bicyclic) bond motifs is 1. The standard InChI is InChI=1S/C26H19F11N2O2/c27-18-7-8-19-23(22(18)28)39(13-21(40)25(32,33)34)20(15-4-2-5-16(10-15)24(29,30)31)12-38(19)11-14-3-1-6-17(9-14)41-26(35,36)37/h1-10,20-21,40H,11-13H2. The highest BCUT2D eigenvalue weighted by Crippen LogP contribution is 2.45. The van der Waals surface area contributed by atoms with E-state index in [2.05, 4.69) is 4.74 Å². The molecule has 4 nitrogen and oxygen atoms in total. The molecule has 1 N–H and O–H groups in total. The van der Waals surface area contributed by atoms with Gasteiger partial charge in [0.05, 0.1) is 23.8 Å². The number of anilines is 2. The lowest BCUT2D eigenvalue weighted by atomic mass is 9.96. The van der Waals surface area contributed by atoms with Gasteiger partial charge in [0, 0.05) is 13.1 Å². The molecule has 1 heterocycles. The molecule has 15 heteroatoms. The summed E-state index contributed by atoms with van der Waals surface area (Å²) in [7, 11) is 0. The van der Waals surface area contributed by atoms with Crippen molar-refractivity contribution in [2.24, 2.45) is 0 Å². The van der Waals surface area contributed by atoms with Crippen molar-refractivity contribution >= 4 is 11.4 Å². The number of β-amino-alcohol motifs (C(OH)–C–C–N with tert-alkyl or cyclic N) is 1. The lowest BCUT2D eigenvalue weighted by molar-refractivity contribution is -0.274. The van der Waals surface area contributed by atoms with Crippen LogP contribution in [0.3, 0.4) is 0 Å². The largest absolute Gasteiger partial charge is 0.573 e. The Hall–Kier alpha value is -3.75. The Morgan fingerprint density at radius 1 is 0.878 bits per heavy atom. The maximum Gasteiger partial charge on any atom is 0.573 e. The summed E-state index contributed by atoms with van der Waals surface area (Å²) < 4.78 is 152. The van der Waals surface area contributed by atoms with Gasteiger partial charge in [-0.3, -0.25) is 0 Å². The van der Waals surface area contributed by atoms with Gasteiger partial charge in [-0.2, -0.15) is 26.3 Å². The van der Waals surface area contributed by atoms with Crippen molar-refractivity contribution in [3.63, 3.8) is 0 Å². The number of halogens is 11. The monoisotopic (exact) mass is 600 g/mol. The highest BCUT2D eigenvalue weighted by atomic mass is 19.4. The summed E-state index contributed by atoms with van der Waals surface area (Å²) in [6.45, 7) is -2.10. The number of hydrogen-bond acceptors (Lipinski definition) is 4. The fourth-order valence-corrected chi connectivity index (χ4v) is 4.55. The fourth-order valence-electron chi connectivity index (χ4n) is 4.55. The lowest BCUT2D eigenvalue weighted by Crippen LogP contribution is -2.49. The van der Waals surface area contributed by atoms with E-state index < -0.39 is 72.6 Å². The van der Waals surface area contributed by atoms with Crippen LogP contribution in [0.5, 0.6) is 5.75 Å². The third-order valence-electron chi connectivity index (χ3n) is 6.30. The summed E-state index contributed by atoms with van der Waals surface area (Å²) in [6, 6.07) is 8.23. The first kappa shape index (κ1) is 30.2. The topological polar surface area (TPSA) is 35.9 Å². The van der Waals surface area contributed by atoms with E-state index in [1.807, 2.05) is 0 Å². The third-order valence-corrected chi connectivity index (χ3v) is 6.30. The number of benzene rings is 3. The second-order valence-electron chi connectivity index (χ2n) is 9.15. The van der Waals surface area contributed by atoms with Crippen LogP contribution in [0.2, 0.25) is 0 Å². The normalized spacial score (nSPS) is 16.9. The zero-order valence-electron chi connectivity index (χ0n) is 20.5. The lowest BCUT2D eigenvalue weighted by Gasteiger charge is -2.46. The Morgan fingerprint density at radius 2 is 1.56 bits per heavy atom. The zero-order valence-corrected chi connectivity index (χ0v) is 20.5. The van der Waals surface area contributed by atoms with Gasteiger partial charge in [0.1, 0.15) is 11.4 Å². The molecule has 0 saturated carbocycles. The Bertz CT molecular complexity index is 1390. The molecule has 41 heavy (non-hydrogen) atoms. The SMILES string of the molecule is OC(CN1c2c(ccc(F)c2F)N(Cc2cccc(OC(F)(F)F)c2)CC1c1cccc(C(F)(F)F)c1)C(F)(F)F. The van der Waals surface area contributed by atoms with Crippen molar-refractivity contribution in [1.82, 2.24) is 0 Å². The van der Waals surface area contributed by atoms with Crippen LogP contribution >= 0.6 is 0 Å². The van der Waals surface area contributed by atoms with Gasteiger partial charge in [-0.25, -0.2) is 8.78 Å². The van der Waals surface area contributed by atoms with E-state index in [-0.39, 0.29) is 23.4 Å². The van der Waals surface area contributed by atoms with Gasteiger partial charge >= 0.3 is 18.7 Å². The summed E-state index contributed by atoms with van der Waals surface area (Å²) in [6.07, 6.45) is -18.2. The van der Waals surface area contributed by atoms with E-state index in [4.69, 9.17) is 0 Å². The molecule has 0 spiro atoms. The highest BCUT2D eigenvalue weighted by Gasteiger charge is 2.44. The van der Waals surface area contributed by atoms with Crippen molar-refractivity contribution in [2.45, 2.75) is 37.4 Å². The van der Waals surface area contributed by atoms with E-state index in [1.54, 1.807) is 0 Å². The van der Waals surface area contributed by atoms with E-state index in [0.717, 1.165) is 30.3 Å². The van der Waals surface area contributed by atoms with Gasteiger partial charge in [-0.1, -0.05) is 24.3 Å². The summed E-state index contributed by atoms with van der Waals surface area (Å²) in [5.74, 6) is -3.73. The number of hydrogen-bond donors (Lipinski definition) is 1. The number of aliphatic hydroxyl groups excluding tert-OH is 1. The summed E-state index contributed by atoms with van der Waals surface area (Å²) in [4.78, 5) is 1.91. The number of nitrogens with zero attached hydrogens (tertiary/aromatic N) is 2. The minimum atomic E-state index is -5.21. The van der Waals surface area contributed by atoms with E-state index in [9.17, 15) is 49.0 Å². The first-order chi connectivity index (χ1) is 18.9. The predicted octanol–water partition coefficient (Wildman–Crippen LogP) is 7.37. The Kier molecular flexibility index (Phi) is 8.04. The van der Waals surface area contributed by atoms with Crippen molar-refractivity contribution in [1.29, 1.82) is 0 Å². The second-order valence-corrected chi connectivity index (χ2v) is 9.15. The second kappa shape index (κ2) is 10.9. The van der Waals surface area contributed by atoms with Crippen molar-refractivity contribution < 1.29 is 58.1 Å². The van der Waals surface area contributed by atoms with Crippen molar-refractivity contribution in [3.8, 4) is 5.75 Å². The quantitative estimate of drug-likeness (QED) is 0.300. The molecule has 0 aromatic heterocycles. The predicted molar refractivity (Wildman–Crippen MR) is 124 cm³/mol. The summed E-state index contributed by atoms with van der Waals surface area (Å²) in [5.41, 5.74) is -2.23. The Morgan fingerprint density at radius 3 is 2.20 bits per heavy atom. The van der Waals surface area contributed by atoms with Gasteiger partial charge in [0.15, 0.2) is 17.7 Å². The number of rotatable bonds is 6. The Balaban J connectivity index is 1.84. The maximum absolute atomic E-state index is 15.3. The average Bonchev–Trinajstić information content (AvgIpc) is 2.85. The molecule has 0 fully saturated rings. The van der Waals surface area contributed by atoms with E-state index in [1.165, 1.54) is 17.0 Å². The van der Waals surface area contributed by atoms with Gasteiger partial charge in [0.25, 0.3) is 0 Å². The molecule has 0 bridgehead atoms. The molecule has 2 unspecified atom stereocenters. The number of aliphatic hydroxyl groups is 1. The van der Waals surface area contributed by atoms with Crippen LogP contribution in [0.1, 0.15) is 22.7 Å². The molecule has 1 aliphatic heterocycles. The molecule has 0 saturated heterocycles. The summed E-state index contributed by atoms with van der Waals surface area (Å²) >= 11 is 0. The molecule has 0 radical (unpaired) electrons. The molecule has 0 amide bonds. The molecule has 222 valence electrons. The van der Waals surface area contributed by atoms with Gasteiger partial charge < -0.3 is 19.6 Å². The first-order valence-electron chi connectivity index (χ1n) is 11.7. The molecule has 3 aromatic carbocycles. The summed E-state index contributed by atoms with van der Waals surface area (Å²) in [5, 5.41) is 9.81. The minimum Gasteiger partial charge on any atom is -0.406 e. The third kappa shape index (κ3) is 6.94. The molecule has 4 rings (SSSR count). The molecule has 2 atom stereocenters. The smallest absolute Gasteiger partial charge is 0.406 e. The number of alkyl halides is 9. The van der Waals surface area contributed by atoms with Crippen LogP contribution in [0.4, 0.5) is 59.7 Å². The first-order valence-corrected chi connectivity index (χ1v) is 11.7. The molecule has 3 aromatic rings. The van der Waals surface area contributed by atoms with Gasteiger partial charge in [-0.15, -0.1) is 13.2 Å². The van der Waals surface area contributed by atoms with Crippen LogP contribution in [0.15, 0.2) is 60.7 Å². The fraction of sp³-hybridized carbons (Fsp3) is 0.308. The molecular formula is C26H19F11N2O2. The minimum absolute atomic E-state index is 0.147. The van der Waals surface area contributed by atoms with E-state index in [0.29, 0.717) is 23.1 Å². The van der Waals surface area contributed by atoms with Gasteiger partial charge in [0.2, 0.25) is 0 Å². The van der Waals surface area contributed by atoms with E-state index >= 15 is 4.39 Å². The van der Waals surface area contributed by atoms with Gasteiger partial charge in [-0.05, 0) is 47.5 Å². The zero-order chi connectivity index (χ0) is 30.3. The van der Waals surface area contributed by atoms with Crippen molar-refractivity contribution in [3.05, 3.63) is 89.0 Å². The molecule has 0 aliphatic carbocycles. The highest BCUT2D eigenvalue weighted by molar-refractivity contribution is 5.75. The molecular weight excluding hydrogens is 581 g/mol. The Labute approximate surface area is 225 Å². The molecule has 1 aliphatic rings. The van der Waals surface area contributed by atoms with Crippen molar-refractivity contribution in [2.75, 3.05) is 22.9 Å². The average molecular weight is 600 g/mol. The maximum atomic E-state index is 15.3.